The van der Waals surface area contributed by atoms with E-state index >= 15 is 0 Å². The number of halogens is 1. The predicted molar refractivity (Wildman–Crippen MR) is 54.9 cm³/mol. The largest absolute Gasteiger partial charge is 0.479 e. The van der Waals surface area contributed by atoms with Crippen LogP contribution in [0.15, 0.2) is 12.6 Å². The SMILES string of the molecule is C=C(C)c1cc(Cl)c(N)c(OC)n1. The molecule has 0 saturated heterocycles. The van der Waals surface area contributed by atoms with Crippen LogP contribution in [0.25, 0.3) is 5.57 Å². The van der Waals surface area contributed by atoms with Gasteiger partial charge >= 0.3 is 0 Å². The molecule has 2 N–H and O–H groups in total. The Kier molecular flexibility index (Phi) is 2.78. The molecule has 0 atom stereocenters. The number of ether oxygens (including phenoxy) is 1. The lowest BCUT2D eigenvalue weighted by atomic mass is 10.2. The Bertz CT molecular complexity index is 350. The fraction of sp³-hybridized carbons (Fsp3) is 0.222. The van der Waals surface area contributed by atoms with Gasteiger partial charge in [-0.25, -0.2) is 4.98 Å². The summed E-state index contributed by atoms with van der Waals surface area (Å²) in [7, 11) is 1.50. The number of hydrogen-bond acceptors (Lipinski definition) is 3. The molecule has 1 heterocycles. The molecule has 0 fully saturated rings. The number of nitrogens with zero attached hydrogens (tertiary/aromatic N) is 1. The van der Waals surface area contributed by atoms with E-state index in [2.05, 4.69) is 11.6 Å². The van der Waals surface area contributed by atoms with Crippen LogP contribution in [0.2, 0.25) is 5.02 Å². The molecule has 1 aromatic heterocycles. The summed E-state index contributed by atoms with van der Waals surface area (Å²) < 4.78 is 4.95. The summed E-state index contributed by atoms with van der Waals surface area (Å²) in [5, 5.41) is 0.435. The number of aromatic nitrogens is 1. The van der Waals surface area contributed by atoms with Crippen molar-refractivity contribution in [1.82, 2.24) is 4.98 Å². The van der Waals surface area contributed by atoms with Crippen LogP contribution in [0.4, 0.5) is 5.69 Å². The lowest BCUT2D eigenvalue weighted by molar-refractivity contribution is 0.400. The van der Waals surface area contributed by atoms with Crippen molar-refractivity contribution >= 4 is 22.9 Å². The molecular weight excluding hydrogens is 188 g/mol. The van der Waals surface area contributed by atoms with Crippen molar-refractivity contribution in [3.63, 3.8) is 0 Å². The van der Waals surface area contributed by atoms with E-state index in [-0.39, 0.29) is 0 Å². The molecule has 0 radical (unpaired) electrons. The maximum atomic E-state index is 5.86. The van der Waals surface area contributed by atoms with E-state index < -0.39 is 0 Å². The quantitative estimate of drug-likeness (QED) is 0.794. The third kappa shape index (κ3) is 1.92. The molecule has 3 nitrogen and oxygen atoms in total. The number of anilines is 1. The van der Waals surface area contributed by atoms with Gasteiger partial charge in [-0.15, -0.1) is 0 Å². The highest BCUT2D eigenvalue weighted by atomic mass is 35.5. The van der Waals surface area contributed by atoms with E-state index in [9.17, 15) is 0 Å². The molecule has 70 valence electrons. The van der Waals surface area contributed by atoms with E-state index in [1.807, 2.05) is 6.92 Å². The molecule has 4 heteroatoms. The van der Waals surface area contributed by atoms with Gasteiger partial charge in [0.25, 0.3) is 0 Å². The van der Waals surface area contributed by atoms with Crippen molar-refractivity contribution in [2.75, 3.05) is 12.8 Å². The zero-order valence-corrected chi connectivity index (χ0v) is 8.35. The minimum atomic E-state index is 0.338. The van der Waals surface area contributed by atoms with Gasteiger partial charge in [-0.2, -0.15) is 0 Å². The van der Waals surface area contributed by atoms with E-state index in [0.717, 1.165) is 5.57 Å². The van der Waals surface area contributed by atoms with Gasteiger partial charge in [0.2, 0.25) is 5.88 Å². The van der Waals surface area contributed by atoms with Crippen LogP contribution < -0.4 is 10.5 Å². The Morgan fingerprint density at radius 3 is 2.77 bits per heavy atom. The molecule has 0 bridgehead atoms. The lowest BCUT2D eigenvalue weighted by Gasteiger charge is -2.07. The van der Waals surface area contributed by atoms with Crippen molar-refractivity contribution in [2.24, 2.45) is 0 Å². The van der Waals surface area contributed by atoms with Gasteiger partial charge in [-0.3, -0.25) is 0 Å². The fourth-order valence-electron chi connectivity index (χ4n) is 0.876. The first-order valence-corrected chi connectivity index (χ1v) is 4.10. The van der Waals surface area contributed by atoms with E-state index in [0.29, 0.717) is 22.3 Å². The fourth-order valence-corrected chi connectivity index (χ4v) is 1.06. The molecule has 0 spiro atoms. The maximum absolute atomic E-state index is 5.86. The minimum absolute atomic E-state index is 0.338. The molecule has 1 aromatic rings. The number of hydrogen-bond donors (Lipinski definition) is 1. The van der Waals surface area contributed by atoms with Crippen LogP contribution >= 0.6 is 11.6 Å². The zero-order chi connectivity index (χ0) is 10.0. The number of allylic oxidation sites excluding steroid dienone is 1. The van der Waals surface area contributed by atoms with Crippen molar-refractivity contribution in [1.29, 1.82) is 0 Å². The standard InChI is InChI=1S/C9H11ClN2O/c1-5(2)7-4-6(10)8(11)9(12-7)13-3/h4H,1,11H2,2-3H3. The molecule has 1 rings (SSSR count). The monoisotopic (exact) mass is 198 g/mol. The molecule has 0 aliphatic heterocycles. The maximum Gasteiger partial charge on any atom is 0.239 e. The molecule has 0 saturated carbocycles. The van der Waals surface area contributed by atoms with Crippen LogP contribution in [-0.4, -0.2) is 12.1 Å². The molecule has 13 heavy (non-hydrogen) atoms. The van der Waals surface area contributed by atoms with Gasteiger partial charge < -0.3 is 10.5 Å². The molecule has 0 unspecified atom stereocenters. The molecule has 0 amide bonds. The second-order valence-electron chi connectivity index (χ2n) is 2.69. The number of methoxy groups -OCH3 is 1. The average molecular weight is 199 g/mol. The summed E-state index contributed by atoms with van der Waals surface area (Å²) >= 11 is 5.86. The summed E-state index contributed by atoms with van der Waals surface area (Å²) in [5.41, 5.74) is 7.48. The normalized spacial score (nSPS) is 9.77. The Morgan fingerprint density at radius 1 is 1.69 bits per heavy atom. The first kappa shape index (κ1) is 9.86. The average Bonchev–Trinajstić information content (AvgIpc) is 2.09. The van der Waals surface area contributed by atoms with Gasteiger partial charge in [-0.1, -0.05) is 18.2 Å². The van der Waals surface area contributed by atoms with Crippen LogP contribution in [-0.2, 0) is 0 Å². The topological polar surface area (TPSA) is 48.1 Å². The zero-order valence-electron chi connectivity index (χ0n) is 7.60. The van der Waals surface area contributed by atoms with Crippen LogP contribution in [0.1, 0.15) is 12.6 Å². The minimum Gasteiger partial charge on any atom is -0.479 e. The highest BCUT2D eigenvalue weighted by Crippen LogP contribution is 2.29. The Balaban J connectivity index is 3.30. The summed E-state index contributed by atoms with van der Waals surface area (Å²) in [5.74, 6) is 0.338. The third-order valence-corrected chi connectivity index (χ3v) is 1.92. The number of nitrogens with two attached hydrogens (primary N) is 1. The summed E-state index contributed by atoms with van der Waals surface area (Å²) in [6.45, 7) is 5.60. The molecular formula is C9H11ClN2O. The highest BCUT2D eigenvalue weighted by Gasteiger charge is 2.08. The molecule has 0 aromatic carbocycles. The van der Waals surface area contributed by atoms with Crippen molar-refractivity contribution < 1.29 is 4.74 Å². The predicted octanol–water partition coefficient (Wildman–Crippen LogP) is 2.36. The van der Waals surface area contributed by atoms with Crippen molar-refractivity contribution in [2.45, 2.75) is 6.92 Å². The number of nitrogen functional groups attached to an aromatic ring is 1. The number of pyridine rings is 1. The van der Waals surface area contributed by atoms with Gasteiger partial charge in [0.05, 0.1) is 17.8 Å². The van der Waals surface area contributed by atoms with Gasteiger partial charge in [0.15, 0.2) is 0 Å². The van der Waals surface area contributed by atoms with E-state index in [1.54, 1.807) is 6.07 Å². The first-order valence-electron chi connectivity index (χ1n) is 3.72. The third-order valence-electron chi connectivity index (χ3n) is 1.60. The Labute approximate surface area is 82.2 Å². The molecule has 0 aliphatic carbocycles. The second kappa shape index (κ2) is 3.66. The van der Waals surface area contributed by atoms with Crippen molar-refractivity contribution in [3.8, 4) is 5.88 Å². The first-order chi connectivity index (χ1) is 6.06. The number of rotatable bonds is 2. The van der Waals surface area contributed by atoms with Crippen LogP contribution in [0.5, 0.6) is 5.88 Å². The van der Waals surface area contributed by atoms with Gasteiger partial charge in [0.1, 0.15) is 5.69 Å². The summed E-state index contributed by atoms with van der Waals surface area (Å²) in [6, 6.07) is 1.67. The van der Waals surface area contributed by atoms with E-state index in [4.69, 9.17) is 22.1 Å². The van der Waals surface area contributed by atoms with Gasteiger partial charge in [-0.05, 0) is 18.6 Å². The second-order valence-corrected chi connectivity index (χ2v) is 3.10. The highest BCUT2D eigenvalue weighted by molar-refractivity contribution is 6.33. The van der Waals surface area contributed by atoms with Crippen LogP contribution in [0.3, 0.4) is 0 Å². The van der Waals surface area contributed by atoms with Gasteiger partial charge in [0, 0.05) is 0 Å². The summed E-state index contributed by atoms with van der Waals surface area (Å²) in [6.07, 6.45) is 0. The lowest BCUT2D eigenvalue weighted by Crippen LogP contribution is -1.98. The molecule has 0 aliphatic rings. The smallest absolute Gasteiger partial charge is 0.239 e. The Hall–Kier alpha value is -1.22. The Morgan fingerprint density at radius 2 is 2.31 bits per heavy atom. The van der Waals surface area contributed by atoms with Crippen LogP contribution in [0, 0.1) is 0 Å². The van der Waals surface area contributed by atoms with Crippen molar-refractivity contribution in [3.05, 3.63) is 23.4 Å². The van der Waals surface area contributed by atoms with E-state index in [1.165, 1.54) is 7.11 Å². The summed E-state index contributed by atoms with van der Waals surface area (Å²) in [4.78, 5) is 4.12.